The Kier molecular flexibility index (Phi) is 3.18. The monoisotopic (exact) mass is 331 g/mol. The van der Waals surface area contributed by atoms with Gasteiger partial charge in [0.15, 0.2) is 11.5 Å². The van der Waals surface area contributed by atoms with Crippen molar-refractivity contribution in [3.63, 3.8) is 0 Å². The smallest absolute Gasteiger partial charge is 0.169 e. The van der Waals surface area contributed by atoms with E-state index in [0.717, 1.165) is 37.5 Å². The predicted octanol–water partition coefficient (Wildman–Crippen LogP) is 4.35. The lowest BCUT2D eigenvalue weighted by Crippen LogP contribution is -1.94. The van der Waals surface area contributed by atoms with Crippen molar-refractivity contribution in [2.45, 2.75) is 0 Å². The summed E-state index contributed by atoms with van der Waals surface area (Å²) in [4.78, 5) is 0. The summed E-state index contributed by atoms with van der Waals surface area (Å²) in [6.07, 6.45) is 0. The van der Waals surface area contributed by atoms with E-state index < -0.39 is 0 Å². The minimum absolute atomic E-state index is 0.714. The zero-order valence-corrected chi connectivity index (χ0v) is 12.8. The van der Waals surface area contributed by atoms with Gasteiger partial charge in [-0.25, -0.2) is 0 Å². The highest BCUT2D eigenvalue weighted by Gasteiger charge is 2.14. The van der Waals surface area contributed by atoms with E-state index in [1.807, 2.05) is 36.4 Å². The number of nitrogen functional groups attached to an aromatic ring is 1. The van der Waals surface area contributed by atoms with Crippen LogP contribution in [-0.4, -0.2) is 14.2 Å². The van der Waals surface area contributed by atoms with E-state index >= 15 is 0 Å². The summed E-state index contributed by atoms with van der Waals surface area (Å²) < 4.78 is 11.9. The number of methoxy groups -OCH3 is 2. The lowest BCUT2D eigenvalue weighted by molar-refractivity contribution is 0.359. The molecule has 0 atom stereocenters. The van der Waals surface area contributed by atoms with Crippen LogP contribution in [0, 0.1) is 0 Å². The van der Waals surface area contributed by atoms with Crippen LogP contribution < -0.4 is 15.2 Å². The topological polar surface area (TPSA) is 44.5 Å². The van der Waals surface area contributed by atoms with Gasteiger partial charge in [0.1, 0.15) is 0 Å². The minimum Gasteiger partial charge on any atom is -0.493 e. The molecule has 0 aliphatic carbocycles. The van der Waals surface area contributed by atoms with Crippen molar-refractivity contribution in [3.8, 4) is 11.5 Å². The van der Waals surface area contributed by atoms with Crippen LogP contribution in [0.1, 0.15) is 0 Å². The molecule has 3 rings (SSSR count). The van der Waals surface area contributed by atoms with Crippen molar-refractivity contribution < 1.29 is 9.47 Å². The Morgan fingerprint density at radius 2 is 1.80 bits per heavy atom. The number of anilines is 1. The van der Waals surface area contributed by atoms with Gasteiger partial charge in [0.25, 0.3) is 0 Å². The minimum atomic E-state index is 0.714. The Bertz CT molecular complexity index is 815. The number of hydrogen-bond donors (Lipinski definition) is 1. The summed E-state index contributed by atoms with van der Waals surface area (Å²) in [7, 11) is 3.29. The van der Waals surface area contributed by atoms with Gasteiger partial charge in [-0.3, -0.25) is 0 Å². The molecule has 0 aromatic heterocycles. The average molecular weight is 332 g/mol. The molecule has 0 amide bonds. The third-order valence-corrected chi connectivity index (χ3v) is 4.12. The summed E-state index contributed by atoms with van der Waals surface area (Å²) in [6, 6.07) is 11.9. The molecule has 3 aromatic carbocycles. The van der Waals surface area contributed by atoms with Crippen molar-refractivity contribution >= 4 is 43.2 Å². The fourth-order valence-corrected chi connectivity index (χ4v) is 3.20. The molecule has 3 aromatic rings. The highest BCUT2D eigenvalue weighted by atomic mass is 79.9. The lowest BCUT2D eigenvalue weighted by atomic mass is 9.99. The first kappa shape index (κ1) is 13.1. The van der Waals surface area contributed by atoms with Crippen LogP contribution in [0.25, 0.3) is 21.5 Å². The van der Waals surface area contributed by atoms with E-state index in [1.165, 1.54) is 0 Å². The Morgan fingerprint density at radius 1 is 1.00 bits per heavy atom. The fourth-order valence-electron chi connectivity index (χ4n) is 2.61. The van der Waals surface area contributed by atoms with Gasteiger partial charge in [-0.15, -0.1) is 0 Å². The van der Waals surface area contributed by atoms with Gasteiger partial charge in [0, 0.05) is 20.9 Å². The molecule has 0 saturated heterocycles. The summed E-state index contributed by atoms with van der Waals surface area (Å²) in [5, 5.41) is 4.08. The van der Waals surface area contributed by atoms with Gasteiger partial charge < -0.3 is 15.2 Å². The zero-order chi connectivity index (χ0) is 14.3. The predicted molar refractivity (Wildman–Crippen MR) is 86.7 cm³/mol. The maximum absolute atomic E-state index is 6.18. The lowest BCUT2D eigenvalue weighted by Gasteiger charge is -2.14. The maximum Gasteiger partial charge on any atom is 0.169 e. The van der Waals surface area contributed by atoms with Crippen molar-refractivity contribution in [2.75, 3.05) is 20.0 Å². The van der Waals surface area contributed by atoms with Crippen molar-refractivity contribution in [1.82, 2.24) is 0 Å². The van der Waals surface area contributed by atoms with Crippen LogP contribution >= 0.6 is 15.9 Å². The molecule has 2 N–H and O–H groups in total. The number of ether oxygens (including phenoxy) is 2. The second-order valence-corrected chi connectivity index (χ2v) is 5.38. The third kappa shape index (κ3) is 1.79. The van der Waals surface area contributed by atoms with E-state index in [2.05, 4.69) is 15.9 Å². The van der Waals surface area contributed by atoms with Gasteiger partial charge in [-0.1, -0.05) is 34.1 Å². The Hall–Kier alpha value is -1.94. The first-order chi connectivity index (χ1) is 9.67. The first-order valence-electron chi connectivity index (χ1n) is 6.18. The van der Waals surface area contributed by atoms with Crippen LogP contribution in [0.3, 0.4) is 0 Å². The maximum atomic E-state index is 6.18. The van der Waals surface area contributed by atoms with Crippen LogP contribution in [0.4, 0.5) is 5.69 Å². The van der Waals surface area contributed by atoms with Crippen LogP contribution in [0.15, 0.2) is 40.9 Å². The number of fused-ring (bicyclic) bond motifs is 3. The standard InChI is InChI=1S/C16H14BrNO2/c1-19-13-7-6-9-8-12(18)15-10(4-3-5-11(15)17)14(9)16(13)20-2/h3-8H,18H2,1-2H3. The van der Waals surface area contributed by atoms with Crippen LogP contribution in [-0.2, 0) is 0 Å². The van der Waals surface area contributed by atoms with Gasteiger partial charge in [0.05, 0.1) is 14.2 Å². The summed E-state index contributed by atoms with van der Waals surface area (Å²) in [5.41, 5.74) is 6.93. The number of halogens is 1. The molecular weight excluding hydrogens is 318 g/mol. The normalized spacial score (nSPS) is 10.9. The van der Waals surface area contributed by atoms with E-state index in [-0.39, 0.29) is 0 Å². The second kappa shape index (κ2) is 4.87. The Morgan fingerprint density at radius 3 is 2.50 bits per heavy atom. The van der Waals surface area contributed by atoms with Crippen LogP contribution in [0.5, 0.6) is 11.5 Å². The van der Waals surface area contributed by atoms with Gasteiger partial charge in [-0.05, 0) is 29.0 Å². The van der Waals surface area contributed by atoms with Gasteiger partial charge in [0.2, 0.25) is 0 Å². The third-order valence-electron chi connectivity index (χ3n) is 3.46. The summed E-state index contributed by atoms with van der Waals surface area (Å²) in [6.45, 7) is 0. The van der Waals surface area contributed by atoms with E-state index in [1.54, 1.807) is 14.2 Å². The molecule has 20 heavy (non-hydrogen) atoms. The quantitative estimate of drug-likeness (QED) is 0.560. The van der Waals surface area contributed by atoms with E-state index in [0.29, 0.717) is 5.75 Å². The molecule has 4 heteroatoms. The van der Waals surface area contributed by atoms with Gasteiger partial charge in [-0.2, -0.15) is 0 Å². The molecule has 0 spiro atoms. The van der Waals surface area contributed by atoms with E-state index in [4.69, 9.17) is 15.2 Å². The summed E-state index contributed by atoms with van der Waals surface area (Å²) in [5.74, 6) is 1.44. The van der Waals surface area contributed by atoms with E-state index in [9.17, 15) is 0 Å². The molecule has 0 fully saturated rings. The molecule has 0 aliphatic rings. The molecule has 0 unspecified atom stereocenters. The van der Waals surface area contributed by atoms with Crippen molar-refractivity contribution in [1.29, 1.82) is 0 Å². The number of benzene rings is 3. The van der Waals surface area contributed by atoms with Gasteiger partial charge >= 0.3 is 0 Å². The fraction of sp³-hybridized carbons (Fsp3) is 0.125. The van der Waals surface area contributed by atoms with Crippen molar-refractivity contribution in [3.05, 3.63) is 40.9 Å². The number of rotatable bonds is 2. The molecule has 0 saturated carbocycles. The molecule has 0 bridgehead atoms. The first-order valence-corrected chi connectivity index (χ1v) is 6.98. The second-order valence-electron chi connectivity index (χ2n) is 4.53. The highest BCUT2D eigenvalue weighted by molar-refractivity contribution is 9.10. The molecular formula is C16H14BrNO2. The van der Waals surface area contributed by atoms with Crippen molar-refractivity contribution in [2.24, 2.45) is 0 Å². The van der Waals surface area contributed by atoms with Crippen LogP contribution in [0.2, 0.25) is 0 Å². The summed E-state index contributed by atoms with van der Waals surface area (Å²) >= 11 is 3.56. The SMILES string of the molecule is COc1ccc2cc(N)c3c(Br)cccc3c2c1OC. The molecule has 102 valence electrons. The molecule has 0 radical (unpaired) electrons. The zero-order valence-electron chi connectivity index (χ0n) is 11.2. The molecule has 3 nitrogen and oxygen atoms in total. The number of nitrogens with two attached hydrogens (primary N) is 1. The average Bonchev–Trinajstić information content (AvgIpc) is 2.46. The molecule has 0 heterocycles. The molecule has 0 aliphatic heterocycles. The Labute approximate surface area is 125 Å². The highest BCUT2D eigenvalue weighted by Crippen LogP contribution is 2.43. The number of hydrogen-bond acceptors (Lipinski definition) is 3. The Balaban J connectivity index is 2.60. The largest absolute Gasteiger partial charge is 0.493 e.